The molecule has 0 aliphatic heterocycles. The van der Waals surface area contributed by atoms with Gasteiger partial charge in [-0.3, -0.25) is 9.59 Å². The van der Waals surface area contributed by atoms with E-state index in [4.69, 9.17) is 0 Å². The molecule has 2 rings (SSSR count). The van der Waals surface area contributed by atoms with Gasteiger partial charge in [0, 0.05) is 13.6 Å². The van der Waals surface area contributed by atoms with Gasteiger partial charge in [0.15, 0.2) is 0 Å². The highest BCUT2D eigenvalue weighted by Crippen LogP contribution is 2.33. The first-order valence-electron chi connectivity index (χ1n) is 7.58. The Balaban J connectivity index is 2.00. The van der Waals surface area contributed by atoms with Crippen LogP contribution in [0.5, 0.6) is 0 Å². The van der Waals surface area contributed by atoms with Gasteiger partial charge >= 0.3 is 5.97 Å². The van der Waals surface area contributed by atoms with E-state index in [1.807, 2.05) is 12.1 Å². The van der Waals surface area contributed by atoms with E-state index in [1.165, 1.54) is 5.56 Å². The number of hydrogen-bond donors (Lipinski definition) is 1. The van der Waals surface area contributed by atoms with Crippen molar-refractivity contribution in [3.05, 3.63) is 35.4 Å². The fourth-order valence-electron chi connectivity index (χ4n) is 3.07. The maximum atomic E-state index is 12.5. The molecule has 1 aliphatic carbocycles. The number of carboxylic acids is 1. The summed E-state index contributed by atoms with van der Waals surface area (Å²) in [5.41, 5.74) is 2.35. The lowest BCUT2D eigenvalue weighted by molar-refractivity contribution is -0.148. The predicted molar refractivity (Wildman–Crippen MR) is 80.8 cm³/mol. The molecule has 1 aromatic carbocycles. The van der Waals surface area contributed by atoms with Crippen molar-refractivity contribution >= 4 is 11.9 Å². The van der Waals surface area contributed by atoms with Crippen molar-refractivity contribution in [2.24, 2.45) is 11.8 Å². The first kappa shape index (κ1) is 15.5. The molecule has 0 spiro atoms. The van der Waals surface area contributed by atoms with Crippen LogP contribution in [-0.2, 0) is 22.6 Å². The Bertz CT molecular complexity index is 509. The number of carboxylic acid groups (broad SMARTS) is 1. The molecule has 4 heteroatoms. The number of rotatable bonds is 5. The van der Waals surface area contributed by atoms with Crippen LogP contribution in [0.4, 0.5) is 0 Å². The van der Waals surface area contributed by atoms with E-state index < -0.39 is 11.9 Å². The van der Waals surface area contributed by atoms with Crippen molar-refractivity contribution in [1.82, 2.24) is 4.90 Å². The smallest absolute Gasteiger partial charge is 0.307 e. The van der Waals surface area contributed by atoms with Crippen LogP contribution in [0.25, 0.3) is 0 Å². The molecule has 0 radical (unpaired) electrons. The second kappa shape index (κ2) is 6.74. The van der Waals surface area contributed by atoms with Crippen molar-refractivity contribution in [1.29, 1.82) is 0 Å². The summed E-state index contributed by atoms with van der Waals surface area (Å²) in [6.07, 6.45) is 3.13. The van der Waals surface area contributed by atoms with Crippen LogP contribution in [0, 0.1) is 11.8 Å². The van der Waals surface area contributed by atoms with Gasteiger partial charge in [0.1, 0.15) is 0 Å². The number of aliphatic carboxylic acids is 1. The van der Waals surface area contributed by atoms with Crippen LogP contribution >= 0.6 is 0 Å². The van der Waals surface area contributed by atoms with Gasteiger partial charge in [-0.1, -0.05) is 37.6 Å². The van der Waals surface area contributed by atoms with Crippen LogP contribution in [0.2, 0.25) is 0 Å². The second-order valence-corrected chi connectivity index (χ2v) is 5.85. The standard InChI is InChI=1S/C17H23NO3/c1-3-12-7-9-13(10-8-12)11-18(2)16(19)14-5-4-6-15(14)17(20)21/h7-10,14-15H,3-6,11H2,1-2H3,(H,20,21)/t14-,15+/m1/s1. The van der Waals surface area contributed by atoms with E-state index in [0.717, 1.165) is 18.4 Å². The fourth-order valence-corrected chi connectivity index (χ4v) is 3.07. The Morgan fingerprint density at radius 1 is 1.14 bits per heavy atom. The fraction of sp³-hybridized carbons (Fsp3) is 0.529. The summed E-state index contributed by atoms with van der Waals surface area (Å²) in [5, 5.41) is 9.19. The van der Waals surface area contributed by atoms with E-state index >= 15 is 0 Å². The number of benzene rings is 1. The molecule has 0 bridgehead atoms. The first-order chi connectivity index (χ1) is 10.0. The quantitative estimate of drug-likeness (QED) is 0.906. The summed E-state index contributed by atoms with van der Waals surface area (Å²) in [5.74, 6) is -1.75. The molecule has 0 heterocycles. The lowest BCUT2D eigenvalue weighted by Gasteiger charge is -2.23. The predicted octanol–water partition coefficient (Wildman–Crippen LogP) is 2.71. The van der Waals surface area contributed by atoms with Crippen LogP contribution < -0.4 is 0 Å². The van der Waals surface area contributed by atoms with Gasteiger partial charge in [-0.15, -0.1) is 0 Å². The summed E-state index contributed by atoms with van der Waals surface area (Å²) < 4.78 is 0. The van der Waals surface area contributed by atoms with Crippen LogP contribution in [0.3, 0.4) is 0 Å². The minimum atomic E-state index is -0.841. The summed E-state index contributed by atoms with van der Waals surface area (Å²) in [7, 11) is 1.76. The molecule has 1 N–H and O–H groups in total. The molecule has 1 saturated carbocycles. The van der Waals surface area contributed by atoms with Crippen LogP contribution in [-0.4, -0.2) is 28.9 Å². The van der Waals surface area contributed by atoms with Gasteiger partial charge in [0.2, 0.25) is 5.91 Å². The molecule has 0 aromatic heterocycles. The number of carbonyl (C=O) groups excluding carboxylic acids is 1. The Kier molecular flexibility index (Phi) is 4.99. The zero-order valence-corrected chi connectivity index (χ0v) is 12.7. The summed E-state index contributed by atoms with van der Waals surface area (Å²) in [6, 6.07) is 8.21. The molecule has 0 unspecified atom stereocenters. The van der Waals surface area contributed by atoms with E-state index in [9.17, 15) is 14.7 Å². The summed E-state index contributed by atoms with van der Waals surface area (Å²) in [4.78, 5) is 25.3. The van der Waals surface area contributed by atoms with Gasteiger partial charge in [-0.25, -0.2) is 0 Å². The average molecular weight is 289 g/mol. The van der Waals surface area contributed by atoms with Gasteiger partial charge in [0.25, 0.3) is 0 Å². The molecule has 4 nitrogen and oxygen atoms in total. The molecule has 21 heavy (non-hydrogen) atoms. The van der Waals surface area contributed by atoms with Gasteiger partial charge < -0.3 is 10.0 Å². The second-order valence-electron chi connectivity index (χ2n) is 5.85. The Hall–Kier alpha value is -1.84. The maximum Gasteiger partial charge on any atom is 0.307 e. The van der Waals surface area contributed by atoms with E-state index in [1.54, 1.807) is 11.9 Å². The first-order valence-corrected chi connectivity index (χ1v) is 7.58. The van der Waals surface area contributed by atoms with Crippen LogP contribution in [0.1, 0.15) is 37.3 Å². The Labute approximate surface area is 125 Å². The lowest BCUT2D eigenvalue weighted by atomic mass is 9.94. The highest BCUT2D eigenvalue weighted by Gasteiger charge is 2.38. The topological polar surface area (TPSA) is 57.6 Å². The van der Waals surface area contributed by atoms with Crippen LogP contribution in [0.15, 0.2) is 24.3 Å². The van der Waals surface area contributed by atoms with E-state index in [-0.39, 0.29) is 11.8 Å². The minimum absolute atomic E-state index is 0.0422. The van der Waals surface area contributed by atoms with Crippen molar-refractivity contribution in [2.45, 2.75) is 39.2 Å². The zero-order valence-electron chi connectivity index (χ0n) is 12.7. The Morgan fingerprint density at radius 3 is 2.29 bits per heavy atom. The highest BCUT2D eigenvalue weighted by molar-refractivity contribution is 5.85. The lowest BCUT2D eigenvalue weighted by Crippen LogP contribution is -2.36. The Morgan fingerprint density at radius 2 is 1.71 bits per heavy atom. The highest BCUT2D eigenvalue weighted by atomic mass is 16.4. The maximum absolute atomic E-state index is 12.5. The van der Waals surface area contributed by atoms with Crippen molar-refractivity contribution < 1.29 is 14.7 Å². The number of hydrogen-bond acceptors (Lipinski definition) is 2. The molecular formula is C17H23NO3. The third kappa shape index (κ3) is 3.63. The SMILES string of the molecule is CCc1ccc(CN(C)C(=O)[C@@H]2CCC[C@@H]2C(=O)O)cc1. The van der Waals surface area contributed by atoms with Crippen molar-refractivity contribution in [2.75, 3.05) is 7.05 Å². The molecular weight excluding hydrogens is 266 g/mol. The third-order valence-corrected chi connectivity index (χ3v) is 4.38. The zero-order chi connectivity index (χ0) is 15.4. The number of carbonyl (C=O) groups is 2. The number of amides is 1. The molecule has 2 atom stereocenters. The largest absolute Gasteiger partial charge is 0.481 e. The van der Waals surface area contributed by atoms with Gasteiger partial charge in [0.05, 0.1) is 11.8 Å². The van der Waals surface area contributed by atoms with Gasteiger partial charge in [-0.2, -0.15) is 0 Å². The minimum Gasteiger partial charge on any atom is -0.481 e. The summed E-state index contributed by atoms with van der Waals surface area (Å²) >= 11 is 0. The molecule has 0 saturated heterocycles. The van der Waals surface area contributed by atoms with E-state index in [2.05, 4.69) is 19.1 Å². The van der Waals surface area contributed by atoms with E-state index in [0.29, 0.717) is 19.4 Å². The van der Waals surface area contributed by atoms with Crippen molar-refractivity contribution in [3.8, 4) is 0 Å². The molecule has 1 aliphatic rings. The average Bonchev–Trinajstić information content (AvgIpc) is 2.96. The third-order valence-electron chi connectivity index (χ3n) is 4.38. The van der Waals surface area contributed by atoms with Gasteiger partial charge in [-0.05, 0) is 30.4 Å². The van der Waals surface area contributed by atoms with Crippen molar-refractivity contribution in [3.63, 3.8) is 0 Å². The molecule has 114 valence electrons. The molecule has 1 fully saturated rings. The molecule has 1 aromatic rings. The monoisotopic (exact) mass is 289 g/mol. The number of aryl methyl sites for hydroxylation is 1. The summed E-state index contributed by atoms with van der Waals surface area (Å²) in [6.45, 7) is 2.64. The normalized spacial score (nSPS) is 21.2. The number of nitrogens with zero attached hydrogens (tertiary/aromatic N) is 1. The molecule has 1 amide bonds.